The molecule has 1 aliphatic carbocycles. The molecule has 1 saturated carbocycles. The Balaban J connectivity index is 1.91. The van der Waals surface area contributed by atoms with Crippen LogP contribution < -0.4 is 26.4 Å². The molecule has 9 nitrogen and oxygen atoms in total. The second-order valence-electron chi connectivity index (χ2n) is 9.29. The van der Waals surface area contributed by atoms with Crippen LogP contribution in [0, 0.1) is 13.8 Å². The summed E-state index contributed by atoms with van der Waals surface area (Å²) < 4.78 is 9.62. The monoisotopic (exact) mass is 521 g/mol. The van der Waals surface area contributed by atoms with E-state index in [0.717, 1.165) is 48.3 Å². The quantitative estimate of drug-likeness (QED) is 0.411. The van der Waals surface area contributed by atoms with Gasteiger partial charge in [0.25, 0.3) is 11.8 Å². The van der Waals surface area contributed by atoms with Crippen molar-refractivity contribution in [2.24, 2.45) is 5.73 Å². The Morgan fingerprint density at radius 1 is 1.08 bits per heavy atom. The summed E-state index contributed by atoms with van der Waals surface area (Å²) in [6.45, 7) is 3.84. The zero-order valence-electron chi connectivity index (χ0n) is 21.1. The second-order valence-corrected chi connectivity index (χ2v) is 10.1. The Labute approximate surface area is 220 Å². The Hall–Kier alpha value is -3.92. The molecule has 37 heavy (non-hydrogen) atoms. The number of primary amides is 1. The van der Waals surface area contributed by atoms with Gasteiger partial charge in [0.15, 0.2) is 5.69 Å². The number of aryl methyl sites for hydroxylation is 2. The van der Waals surface area contributed by atoms with E-state index in [2.05, 4.69) is 9.69 Å². The highest BCUT2D eigenvalue weighted by atomic mass is 32.1. The van der Waals surface area contributed by atoms with Crippen LogP contribution in [0.5, 0.6) is 5.75 Å². The fraction of sp³-hybridized carbons (Fsp3) is 0.333. The summed E-state index contributed by atoms with van der Waals surface area (Å²) in [5.41, 5.74) is 14.2. The fourth-order valence-corrected chi connectivity index (χ4v) is 5.35. The van der Waals surface area contributed by atoms with Gasteiger partial charge in [-0.3, -0.25) is 19.3 Å². The molecule has 1 aromatic heterocycles. The van der Waals surface area contributed by atoms with Crippen molar-refractivity contribution in [3.05, 3.63) is 69.7 Å². The first-order chi connectivity index (χ1) is 17.7. The topological polar surface area (TPSA) is 141 Å². The van der Waals surface area contributed by atoms with E-state index in [1.165, 1.54) is 12.0 Å². The number of rotatable bonds is 8. The van der Waals surface area contributed by atoms with Gasteiger partial charge in [0, 0.05) is 6.04 Å². The maximum absolute atomic E-state index is 14.2. The zero-order chi connectivity index (χ0) is 26.7. The highest BCUT2D eigenvalue weighted by Crippen LogP contribution is 2.39. The van der Waals surface area contributed by atoms with Crippen LogP contribution in [-0.4, -0.2) is 35.2 Å². The van der Waals surface area contributed by atoms with E-state index in [9.17, 15) is 14.4 Å². The summed E-state index contributed by atoms with van der Waals surface area (Å²) in [5, 5.41) is 3.15. The Morgan fingerprint density at radius 2 is 1.73 bits per heavy atom. The molecule has 4 rings (SSSR count). The summed E-state index contributed by atoms with van der Waals surface area (Å²) in [6, 6.07) is 11.8. The number of methoxy groups -OCH3 is 1. The summed E-state index contributed by atoms with van der Waals surface area (Å²) in [7, 11) is 1.50. The average Bonchev–Trinajstić information content (AvgIpc) is 3.52. The lowest BCUT2D eigenvalue weighted by Gasteiger charge is -2.33. The molecule has 0 aliphatic heterocycles. The summed E-state index contributed by atoms with van der Waals surface area (Å²) in [6.07, 6.45) is 3.86. The molecule has 3 aromatic rings. The van der Waals surface area contributed by atoms with Gasteiger partial charge in [-0.2, -0.15) is 4.37 Å². The number of nitrogens with one attached hydrogen (secondary N) is 1. The van der Waals surface area contributed by atoms with Crippen LogP contribution in [0.1, 0.15) is 68.6 Å². The average molecular weight is 522 g/mol. The molecule has 2 aromatic carbocycles. The van der Waals surface area contributed by atoms with Crippen molar-refractivity contribution in [1.82, 2.24) is 9.69 Å². The van der Waals surface area contributed by atoms with E-state index in [1.54, 1.807) is 12.1 Å². The smallest absolute Gasteiger partial charge is 0.273 e. The Morgan fingerprint density at radius 3 is 2.32 bits per heavy atom. The molecule has 10 heteroatoms. The highest BCUT2D eigenvalue weighted by Gasteiger charge is 2.38. The molecule has 0 radical (unpaired) electrons. The molecule has 1 fully saturated rings. The number of carbonyl (C=O) groups excluding carboxylic acids is 3. The van der Waals surface area contributed by atoms with Crippen molar-refractivity contribution in [3.8, 4) is 5.75 Å². The predicted molar refractivity (Wildman–Crippen MR) is 144 cm³/mol. The third-order valence-corrected chi connectivity index (χ3v) is 7.42. The lowest BCUT2D eigenvalue weighted by atomic mass is 10.00. The van der Waals surface area contributed by atoms with E-state index < -0.39 is 17.9 Å². The number of hydrogen-bond donors (Lipinski definition) is 3. The van der Waals surface area contributed by atoms with Crippen LogP contribution in [-0.2, 0) is 4.79 Å². The summed E-state index contributed by atoms with van der Waals surface area (Å²) in [5.74, 6) is -1.33. The van der Waals surface area contributed by atoms with Crippen LogP contribution >= 0.6 is 11.5 Å². The fourth-order valence-electron chi connectivity index (χ4n) is 4.61. The number of nitrogens with two attached hydrogens (primary N) is 2. The van der Waals surface area contributed by atoms with E-state index in [0.29, 0.717) is 17.0 Å². The number of anilines is 2. The number of carbonyl (C=O) groups is 3. The molecule has 1 heterocycles. The standard InChI is InChI=1S/C27H31N5O4S/c1-15-8-11-17(12-9-15)23(26(34)30-18-6-4-5-7-18)32(19-14-16(2)10-13-20(19)36-3)27(35)24-21(28)22(25(29)33)31-37-24/h8-14,18,23H,4-7,28H2,1-3H3,(H2,29,33)(H,30,34)/t23-/m1/s1. The summed E-state index contributed by atoms with van der Waals surface area (Å²) >= 11 is 0.773. The van der Waals surface area contributed by atoms with Gasteiger partial charge in [0.1, 0.15) is 16.7 Å². The molecule has 0 saturated heterocycles. The van der Waals surface area contributed by atoms with E-state index in [-0.39, 0.29) is 28.2 Å². The third-order valence-electron chi connectivity index (χ3n) is 6.57. The van der Waals surface area contributed by atoms with E-state index in [1.807, 2.05) is 44.2 Å². The van der Waals surface area contributed by atoms with Crippen molar-refractivity contribution in [2.45, 2.75) is 51.6 Å². The molecule has 1 aliphatic rings. The van der Waals surface area contributed by atoms with E-state index in [4.69, 9.17) is 16.2 Å². The molecule has 0 spiro atoms. The van der Waals surface area contributed by atoms with Crippen molar-refractivity contribution in [2.75, 3.05) is 17.7 Å². The molecule has 3 amide bonds. The van der Waals surface area contributed by atoms with Gasteiger partial charge in [0.05, 0.1) is 18.5 Å². The Kier molecular flexibility index (Phi) is 7.77. The first-order valence-corrected chi connectivity index (χ1v) is 12.9. The van der Waals surface area contributed by atoms with Gasteiger partial charge in [0.2, 0.25) is 5.91 Å². The maximum atomic E-state index is 14.2. The van der Waals surface area contributed by atoms with Crippen molar-refractivity contribution in [1.29, 1.82) is 0 Å². The van der Waals surface area contributed by atoms with Crippen LogP contribution in [0.4, 0.5) is 11.4 Å². The first-order valence-electron chi connectivity index (χ1n) is 12.1. The highest BCUT2D eigenvalue weighted by molar-refractivity contribution is 7.09. The van der Waals surface area contributed by atoms with Crippen LogP contribution in [0.25, 0.3) is 0 Å². The van der Waals surface area contributed by atoms with Crippen molar-refractivity contribution >= 4 is 40.6 Å². The SMILES string of the molecule is COc1ccc(C)cc1N(C(=O)c1snc(C(N)=O)c1N)[C@@H](C(=O)NC1CCCC1)c1ccc(C)cc1. The van der Waals surface area contributed by atoms with Gasteiger partial charge < -0.3 is 21.5 Å². The van der Waals surface area contributed by atoms with Gasteiger partial charge in [-0.1, -0.05) is 48.7 Å². The molecule has 0 unspecified atom stereocenters. The van der Waals surface area contributed by atoms with E-state index >= 15 is 0 Å². The number of hydrogen-bond acceptors (Lipinski definition) is 7. The van der Waals surface area contributed by atoms with Gasteiger partial charge >= 0.3 is 0 Å². The molecule has 5 N–H and O–H groups in total. The number of benzene rings is 2. The summed E-state index contributed by atoms with van der Waals surface area (Å²) in [4.78, 5) is 41.4. The van der Waals surface area contributed by atoms with Crippen LogP contribution in [0.3, 0.4) is 0 Å². The van der Waals surface area contributed by atoms with Crippen LogP contribution in [0.15, 0.2) is 42.5 Å². The lowest BCUT2D eigenvalue weighted by molar-refractivity contribution is -0.123. The first kappa shape index (κ1) is 26.2. The number of aromatic nitrogens is 1. The number of nitrogen functional groups attached to an aromatic ring is 1. The molecule has 0 bridgehead atoms. The second kappa shape index (κ2) is 11.0. The number of amides is 3. The predicted octanol–water partition coefficient (Wildman–Crippen LogP) is 3.90. The zero-order valence-corrected chi connectivity index (χ0v) is 21.9. The van der Waals surface area contributed by atoms with Crippen molar-refractivity contribution in [3.63, 3.8) is 0 Å². The van der Waals surface area contributed by atoms with Crippen molar-refractivity contribution < 1.29 is 19.1 Å². The minimum atomic E-state index is -1.04. The number of ether oxygens (including phenoxy) is 1. The third kappa shape index (κ3) is 5.43. The van der Waals surface area contributed by atoms with Crippen LogP contribution in [0.2, 0.25) is 0 Å². The minimum absolute atomic E-state index is 0.0168. The minimum Gasteiger partial charge on any atom is -0.495 e. The molecular formula is C27H31N5O4S. The lowest BCUT2D eigenvalue weighted by Crippen LogP contribution is -2.46. The van der Waals surface area contributed by atoms with Gasteiger partial charge in [-0.25, -0.2) is 0 Å². The molecular weight excluding hydrogens is 490 g/mol. The molecule has 1 atom stereocenters. The Bertz CT molecular complexity index is 1310. The number of nitrogens with zero attached hydrogens (tertiary/aromatic N) is 2. The molecule has 194 valence electrons. The maximum Gasteiger partial charge on any atom is 0.273 e. The van der Waals surface area contributed by atoms with Gasteiger partial charge in [-0.05, 0) is 61.5 Å². The largest absolute Gasteiger partial charge is 0.495 e. The normalized spacial score (nSPS) is 14.2. The van der Waals surface area contributed by atoms with Gasteiger partial charge in [-0.15, -0.1) is 0 Å².